The third-order valence-electron chi connectivity index (χ3n) is 4.43. The Hall–Kier alpha value is -2.43. The molecule has 4 nitrogen and oxygen atoms in total. The third kappa shape index (κ3) is 4.78. The zero-order chi connectivity index (χ0) is 17.5. The van der Waals surface area contributed by atoms with Crippen LogP contribution < -0.4 is 9.64 Å². The van der Waals surface area contributed by atoms with Crippen molar-refractivity contribution in [3.8, 4) is 5.75 Å². The molecule has 1 saturated heterocycles. The van der Waals surface area contributed by atoms with Crippen LogP contribution in [0.15, 0.2) is 54.6 Å². The zero-order valence-electron chi connectivity index (χ0n) is 14.5. The topological polar surface area (TPSA) is 40.0 Å². The van der Waals surface area contributed by atoms with E-state index < -0.39 is 0 Å². The van der Waals surface area contributed by atoms with Crippen molar-refractivity contribution in [2.45, 2.75) is 6.54 Å². The highest BCUT2D eigenvalue weighted by Gasteiger charge is 2.17. The van der Waals surface area contributed by atoms with Gasteiger partial charge in [0, 0.05) is 11.1 Å². The van der Waals surface area contributed by atoms with Crippen LogP contribution in [0.2, 0.25) is 0 Å². The van der Waals surface area contributed by atoms with Crippen molar-refractivity contribution in [2.75, 3.05) is 33.4 Å². The number of rotatable bonds is 6. The van der Waals surface area contributed by atoms with Gasteiger partial charge in [-0.25, -0.2) is 0 Å². The molecule has 1 heterocycles. The van der Waals surface area contributed by atoms with Gasteiger partial charge in [-0.05, 0) is 29.8 Å². The molecular formula is C21H24NO3+. The number of nitrogens with one attached hydrogen (secondary N) is 1. The van der Waals surface area contributed by atoms with Gasteiger partial charge in [-0.2, -0.15) is 0 Å². The molecule has 0 amide bonds. The van der Waals surface area contributed by atoms with Gasteiger partial charge in [0.05, 0.1) is 20.3 Å². The summed E-state index contributed by atoms with van der Waals surface area (Å²) < 4.78 is 10.9. The van der Waals surface area contributed by atoms with Gasteiger partial charge in [0.15, 0.2) is 5.78 Å². The van der Waals surface area contributed by atoms with Crippen LogP contribution in [0.5, 0.6) is 5.75 Å². The summed E-state index contributed by atoms with van der Waals surface area (Å²) in [5, 5.41) is 0. The Morgan fingerprint density at radius 3 is 2.64 bits per heavy atom. The number of carbonyl (C=O) groups excluding carboxylic acids is 1. The van der Waals surface area contributed by atoms with Gasteiger partial charge in [-0.3, -0.25) is 4.79 Å². The molecule has 0 radical (unpaired) electrons. The molecule has 0 saturated carbocycles. The number of hydrogen-bond donors (Lipinski definition) is 1. The minimum atomic E-state index is 0.00438. The number of benzene rings is 2. The molecule has 1 aliphatic rings. The number of hydrogen-bond acceptors (Lipinski definition) is 3. The molecule has 1 N–H and O–H groups in total. The average Bonchev–Trinajstić information content (AvgIpc) is 2.67. The molecule has 3 rings (SSSR count). The molecule has 0 atom stereocenters. The van der Waals surface area contributed by atoms with Crippen LogP contribution in [-0.4, -0.2) is 39.2 Å². The van der Waals surface area contributed by atoms with E-state index in [1.807, 2.05) is 54.6 Å². The number of ketones is 1. The van der Waals surface area contributed by atoms with Crippen LogP contribution in [0, 0.1) is 0 Å². The molecular weight excluding hydrogens is 314 g/mol. The van der Waals surface area contributed by atoms with Gasteiger partial charge >= 0.3 is 0 Å². The largest absolute Gasteiger partial charge is 0.496 e. The van der Waals surface area contributed by atoms with E-state index in [1.165, 1.54) is 4.90 Å². The maximum atomic E-state index is 12.5. The van der Waals surface area contributed by atoms with Gasteiger partial charge in [0.1, 0.15) is 25.4 Å². The lowest BCUT2D eigenvalue weighted by molar-refractivity contribution is -0.921. The van der Waals surface area contributed by atoms with Gasteiger partial charge in [0.25, 0.3) is 0 Å². The third-order valence-corrected chi connectivity index (χ3v) is 4.43. The van der Waals surface area contributed by atoms with Crippen molar-refractivity contribution in [1.82, 2.24) is 0 Å². The molecule has 1 aliphatic heterocycles. The van der Waals surface area contributed by atoms with Crippen molar-refractivity contribution < 1.29 is 19.2 Å². The van der Waals surface area contributed by atoms with E-state index in [0.29, 0.717) is 5.56 Å². The normalized spacial score (nSPS) is 15.4. The number of morpholine rings is 1. The summed E-state index contributed by atoms with van der Waals surface area (Å²) in [6.07, 6.45) is 3.47. The van der Waals surface area contributed by atoms with E-state index >= 15 is 0 Å². The lowest BCUT2D eigenvalue weighted by Gasteiger charge is -2.24. The highest BCUT2D eigenvalue weighted by Crippen LogP contribution is 2.20. The molecule has 2 aromatic carbocycles. The summed E-state index contributed by atoms with van der Waals surface area (Å²) in [6.45, 7) is 4.38. The Bertz CT molecular complexity index is 734. The van der Waals surface area contributed by atoms with Crippen molar-refractivity contribution >= 4 is 11.9 Å². The fraction of sp³-hybridized carbons (Fsp3) is 0.286. The van der Waals surface area contributed by atoms with Gasteiger partial charge in [-0.15, -0.1) is 0 Å². The quantitative estimate of drug-likeness (QED) is 0.647. The van der Waals surface area contributed by atoms with Crippen molar-refractivity contribution in [2.24, 2.45) is 0 Å². The van der Waals surface area contributed by atoms with Crippen LogP contribution >= 0.6 is 0 Å². The van der Waals surface area contributed by atoms with Crippen molar-refractivity contribution in [1.29, 1.82) is 0 Å². The first-order valence-electron chi connectivity index (χ1n) is 8.62. The number of methoxy groups -OCH3 is 1. The Morgan fingerprint density at radius 1 is 1.16 bits per heavy atom. The van der Waals surface area contributed by atoms with Gasteiger partial charge in [0.2, 0.25) is 0 Å². The summed E-state index contributed by atoms with van der Waals surface area (Å²) in [6, 6.07) is 15.5. The predicted molar refractivity (Wildman–Crippen MR) is 98.0 cm³/mol. The molecule has 2 aromatic rings. The molecule has 0 aliphatic carbocycles. The smallest absolute Gasteiger partial charge is 0.185 e. The first-order chi connectivity index (χ1) is 12.3. The summed E-state index contributed by atoms with van der Waals surface area (Å²) in [7, 11) is 1.67. The summed E-state index contributed by atoms with van der Waals surface area (Å²) in [5.74, 6) is 0.840. The summed E-state index contributed by atoms with van der Waals surface area (Å²) in [4.78, 5) is 14.0. The average molecular weight is 338 g/mol. The first kappa shape index (κ1) is 17.4. The monoisotopic (exact) mass is 338 g/mol. The zero-order valence-corrected chi connectivity index (χ0v) is 14.5. The molecule has 0 spiro atoms. The van der Waals surface area contributed by atoms with E-state index in [9.17, 15) is 4.79 Å². The molecule has 130 valence electrons. The highest BCUT2D eigenvalue weighted by molar-refractivity contribution is 6.07. The minimum absolute atomic E-state index is 0.00438. The van der Waals surface area contributed by atoms with Crippen LogP contribution in [-0.2, 0) is 11.3 Å². The van der Waals surface area contributed by atoms with E-state index in [1.54, 1.807) is 13.2 Å². The lowest BCUT2D eigenvalue weighted by atomic mass is 10.0. The number of ether oxygens (including phenoxy) is 2. The fourth-order valence-corrected chi connectivity index (χ4v) is 3.01. The van der Waals surface area contributed by atoms with E-state index in [-0.39, 0.29) is 5.78 Å². The van der Waals surface area contributed by atoms with Crippen LogP contribution in [0.1, 0.15) is 21.5 Å². The lowest BCUT2D eigenvalue weighted by Crippen LogP contribution is -3.12. The van der Waals surface area contributed by atoms with Gasteiger partial charge < -0.3 is 14.4 Å². The Kier molecular flexibility index (Phi) is 5.99. The summed E-state index contributed by atoms with van der Waals surface area (Å²) in [5.41, 5.74) is 2.77. The minimum Gasteiger partial charge on any atom is -0.496 e. The molecule has 0 bridgehead atoms. The van der Waals surface area contributed by atoms with Crippen molar-refractivity contribution in [3.63, 3.8) is 0 Å². The maximum Gasteiger partial charge on any atom is 0.185 e. The van der Waals surface area contributed by atoms with E-state index in [4.69, 9.17) is 9.47 Å². The van der Waals surface area contributed by atoms with E-state index in [0.717, 1.165) is 49.7 Å². The SMILES string of the molecule is COc1ccc(C(=O)/C=C/c2ccccc2)cc1C[NH+]1CCOCC1. The number of allylic oxidation sites excluding steroid dienone is 1. The fourth-order valence-electron chi connectivity index (χ4n) is 3.01. The Labute approximate surface area is 148 Å². The predicted octanol–water partition coefficient (Wildman–Crippen LogP) is 2.01. The summed E-state index contributed by atoms with van der Waals surface area (Å²) >= 11 is 0. The molecule has 25 heavy (non-hydrogen) atoms. The van der Waals surface area contributed by atoms with Gasteiger partial charge in [-0.1, -0.05) is 36.4 Å². The Balaban J connectivity index is 1.75. The molecule has 1 fully saturated rings. The second kappa shape index (κ2) is 8.60. The molecule has 0 unspecified atom stereocenters. The number of quaternary nitrogens is 1. The second-order valence-corrected chi connectivity index (χ2v) is 6.17. The second-order valence-electron chi connectivity index (χ2n) is 6.17. The van der Waals surface area contributed by atoms with Crippen molar-refractivity contribution in [3.05, 3.63) is 71.3 Å². The first-order valence-corrected chi connectivity index (χ1v) is 8.62. The van der Waals surface area contributed by atoms with Crippen LogP contribution in [0.4, 0.5) is 0 Å². The molecule has 4 heteroatoms. The Morgan fingerprint density at radius 2 is 1.92 bits per heavy atom. The van der Waals surface area contributed by atoms with Crippen LogP contribution in [0.25, 0.3) is 6.08 Å². The standard InChI is InChI=1S/C21H23NO3/c1-24-21-10-8-18(15-19(21)16-22-11-13-25-14-12-22)20(23)9-7-17-5-3-2-4-6-17/h2-10,15H,11-14,16H2,1H3/p+1/b9-7+. The van der Waals surface area contributed by atoms with Crippen LogP contribution in [0.3, 0.4) is 0 Å². The van der Waals surface area contributed by atoms with E-state index in [2.05, 4.69) is 0 Å². The molecule has 0 aromatic heterocycles. The highest BCUT2D eigenvalue weighted by atomic mass is 16.5. The maximum absolute atomic E-state index is 12.5. The number of carbonyl (C=O) groups is 1.